The molecule has 0 bridgehead atoms. The van der Waals surface area contributed by atoms with Crippen LogP contribution in [0.2, 0.25) is 0 Å². The van der Waals surface area contributed by atoms with E-state index in [1.54, 1.807) is 28.2 Å². The maximum atomic E-state index is 12.2. The van der Waals surface area contributed by atoms with Crippen LogP contribution < -0.4 is 5.32 Å². The fourth-order valence-electron chi connectivity index (χ4n) is 2.47. The van der Waals surface area contributed by atoms with Crippen molar-refractivity contribution in [3.8, 4) is 0 Å². The van der Waals surface area contributed by atoms with Gasteiger partial charge in [-0.25, -0.2) is 4.79 Å². The van der Waals surface area contributed by atoms with E-state index in [1.165, 1.54) is 0 Å². The Morgan fingerprint density at radius 1 is 1.35 bits per heavy atom. The third-order valence-corrected chi connectivity index (χ3v) is 3.52. The van der Waals surface area contributed by atoms with Crippen LogP contribution in [-0.4, -0.2) is 65.4 Å². The number of ether oxygens (including phenoxy) is 1. The smallest absolute Gasteiger partial charge is 0.411 e. The SMILES string of the molecule is CC(C)N(C(=O)OCN1C=CC=C(C(=O)NCCO[N+](=O)[O-])C1)C(C)C. The van der Waals surface area contributed by atoms with Gasteiger partial charge in [0.2, 0.25) is 5.91 Å². The molecular formula is C16H26N4O6. The molecule has 146 valence electrons. The quantitative estimate of drug-likeness (QED) is 0.369. The lowest BCUT2D eigenvalue weighted by Gasteiger charge is -2.31. The molecule has 0 aliphatic carbocycles. The summed E-state index contributed by atoms with van der Waals surface area (Å²) in [5.74, 6) is -0.358. The van der Waals surface area contributed by atoms with E-state index in [1.807, 2.05) is 27.7 Å². The monoisotopic (exact) mass is 370 g/mol. The van der Waals surface area contributed by atoms with E-state index in [4.69, 9.17) is 4.74 Å². The maximum Gasteiger partial charge on any atom is 0.411 e. The third-order valence-electron chi connectivity index (χ3n) is 3.52. The molecule has 0 aromatic rings. The zero-order valence-corrected chi connectivity index (χ0v) is 15.5. The molecule has 1 aliphatic rings. The molecule has 0 atom stereocenters. The molecule has 0 spiro atoms. The van der Waals surface area contributed by atoms with E-state index in [9.17, 15) is 19.7 Å². The Balaban J connectivity index is 2.44. The molecule has 26 heavy (non-hydrogen) atoms. The Morgan fingerprint density at radius 2 is 2.00 bits per heavy atom. The zero-order chi connectivity index (χ0) is 19.7. The lowest BCUT2D eigenvalue weighted by atomic mass is 10.2. The third kappa shape index (κ3) is 6.99. The molecule has 10 heteroatoms. The van der Waals surface area contributed by atoms with E-state index in [0.717, 1.165) is 0 Å². The molecule has 0 saturated heterocycles. The van der Waals surface area contributed by atoms with E-state index >= 15 is 0 Å². The number of carbonyl (C=O) groups excluding carboxylic acids is 2. The van der Waals surface area contributed by atoms with Crippen LogP contribution in [0, 0.1) is 10.1 Å². The fraction of sp³-hybridized carbons (Fsp3) is 0.625. The summed E-state index contributed by atoms with van der Waals surface area (Å²) < 4.78 is 5.33. The zero-order valence-electron chi connectivity index (χ0n) is 15.5. The first-order chi connectivity index (χ1) is 12.2. The van der Waals surface area contributed by atoms with Gasteiger partial charge in [-0.2, -0.15) is 0 Å². The van der Waals surface area contributed by atoms with Gasteiger partial charge in [-0.1, -0.05) is 6.08 Å². The van der Waals surface area contributed by atoms with E-state index in [2.05, 4.69) is 10.2 Å². The molecule has 0 saturated carbocycles. The second-order valence-corrected chi connectivity index (χ2v) is 6.23. The van der Waals surface area contributed by atoms with E-state index < -0.39 is 11.2 Å². The van der Waals surface area contributed by atoms with Crippen molar-refractivity contribution in [3.63, 3.8) is 0 Å². The van der Waals surface area contributed by atoms with Crippen LogP contribution in [0.25, 0.3) is 0 Å². The second kappa shape index (κ2) is 10.3. The molecule has 0 fully saturated rings. The summed E-state index contributed by atoms with van der Waals surface area (Å²) in [4.78, 5) is 41.7. The number of rotatable bonds is 9. The van der Waals surface area contributed by atoms with Gasteiger partial charge >= 0.3 is 6.09 Å². The van der Waals surface area contributed by atoms with E-state index in [0.29, 0.717) is 5.57 Å². The highest BCUT2D eigenvalue weighted by molar-refractivity contribution is 5.94. The van der Waals surface area contributed by atoms with Crippen molar-refractivity contribution in [1.82, 2.24) is 15.1 Å². The first-order valence-corrected chi connectivity index (χ1v) is 8.34. The summed E-state index contributed by atoms with van der Waals surface area (Å²) in [5, 5.41) is 11.7. The molecule has 1 rings (SSSR count). The molecule has 1 aliphatic heterocycles. The number of nitrogens with one attached hydrogen (secondary N) is 1. The normalized spacial score (nSPS) is 13.5. The van der Waals surface area contributed by atoms with Crippen molar-refractivity contribution in [2.45, 2.75) is 39.8 Å². The van der Waals surface area contributed by atoms with Crippen molar-refractivity contribution in [2.24, 2.45) is 0 Å². The Morgan fingerprint density at radius 3 is 2.58 bits per heavy atom. The predicted molar refractivity (Wildman–Crippen MR) is 93.3 cm³/mol. The van der Waals surface area contributed by atoms with Gasteiger partial charge in [0, 0.05) is 30.4 Å². The molecule has 1 heterocycles. The van der Waals surface area contributed by atoms with Crippen molar-refractivity contribution in [2.75, 3.05) is 26.4 Å². The van der Waals surface area contributed by atoms with Gasteiger partial charge in [0.15, 0.2) is 6.73 Å². The van der Waals surface area contributed by atoms with Crippen LogP contribution in [0.5, 0.6) is 0 Å². The Bertz CT molecular complexity index is 565. The van der Waals surface area contributed by atoms with Crippen molar-refractivity contribution in [1.29, 1.82) is 0 Å². The van der Waals surface area contributed by atoms with Crippen molar-refractivity contribution >= 4 is 12.0 Å². The average Bonchev–Trinajstić information content (AvgIpc) is 2.56. The number of carbonyl (C=O) groups is 2. The Labute approximate surface area is 152 Å². The van der Waals surface area contributed by atoms with Gasteiger partial charge in [0.25, 0.3) is 5.09 Å². The topological polar surface area (TPSA) is 114 Å². The Kier molecular flexibility index (Phi) is 8.40. The molecule has 2 amide bonds. The summed E-state index contributed by atoms with van der Waals surface area (Å²) in [6, 6.07) is 0.0315. The summed E-state index contributed by atoms with van der Waals surface area (Å²) in [6.07, 6.45) is 4.61. The lowest BCUT2D eigenvalue weighted by molar-refractivity contribution is -0.757. The van der Waals surface area contributed by atoms with Crippen molar-refractivity contribution in [3.05, 3.63) is 34.0 Å². The van der Waals surface area contributed by atoms with Crippen molar-refractivity contribution < 1.29 is 24.3 Å². The molecule has 0 aromatic carbocycles. The molecule has 0 radical (unpaired) electrons. The van der Waals surface area contributed by atoms with Crippen LogP contribution in [0.3, 0.4) is 0 Å². The van der Waals surface area contributed by atoms with Crippen LogP contribution >= 0.6 is 0 Å². The average molecular weight is 370 g/mol. The highest BCUT2D eigenvalue weighted by Crippen LogP contribution is 2.11. The minimum atomic E-state index is -0.914. The van der Waals surface area contributed by atoms with Gasteiger partial charge in [-0.05, 0) is 33.8 Å². The van der Waals surface area contributed by atoms with E-state index in [-0.39, 0.29) is 44.4 Å². The largest absolute Gasteiger partial charge is 0.428 e. The van der Waals surface area contributed by atoms with Crippen LogP contribution in [0.4, 0.5) is 4.79 Å². The number of nitrogens with zero attached hydrogens (tertiary/aromatic N) is 3. The number of hydrogen-bond acceptors (Lipinski definition) is 7. The minimum Gasteiger partial charge on any atom is -0.428 e. The standard InChI is InChI=1S/C16H26N4O6/c1-12(2)19(13(3)4)16(22)25-11-18-8-5-6-14(10-18)15(21)17-7-9-26-20(23)24/h5-6,8,12-13H,7,9-11H2,1-4H3,(H,17,21). The predicted octanol–water partition coefficient (Wildman–Crippen LogP) is 1.28. The van der Waals surface area contributed by atoms with Gasteiger partial charge in [-0.3, -0.25) is 4.79 Å². The minimum absolute atomic E-state index is 0.0142. The molecule has 10 nitrogen and oxygen atoms in total. The van der Waals surface area contributed by atoms with Gasteiger partial charge < -0.3 is 24.7 Å². The summed E-state index contributed by atoms with van der Waals surface area (Å²) in [5.41, 5.74) is 0.453. The highest BCUT2D eigenvalue weighted by Gasteiger charge is 2.22. The summed E-state index contributed by atoms with van der Waals surface area (Å²) in [6.45, 7) is 7.73. The summed E-state index contributed by atoms with van der Waals surface area (Å²) in [7, 11) is 0. The summed E-state index contributed by atoms with van der Waals surface area (Å²) >= 11 is 0. The molecular weight excluding hydrogens is 344 g/mol. The number of allylic oxidation sites excluding steroid dienone is 2. The highest BCUT2D eigenvalue weighted by atomic mass is 16.9. The number of hydrogen-bond donors (Lipinski definition) is 1. The van der Waals surface area contributed by atoms with Gasteiger partial charge in [0.1, 0.15) is 6.61 Å². The first kappa shape index (κ1) is 21.3. The lowest BCUT2D eigenvalue weighted by Crippen LogP contribution is -2.43. The fourth-order valence-corrected chi connectivity index (χ4v) is 2.47. The van der Waals surface area contributed by atoms with Gasteiger partial charge in [-0.15, -0.1) is 10.1 Å². The second-order valence-electron chi connectivity index (χ2n) is 6.23. The Hall–Kier alpha value is -2.78. The maximum absolute atomic E-state index is 12.2. The first-order valence-electron chi connectivity index (χ1n) is 8.34. The van der Waals surface area contributed by atoms with Gasteiger partial charge in [0.05, 0.1) is 6.54 Å². The molecule has 1 N–H and O–H groups in total. The molecule has 0 unspecified atom stereocenters. The van der Waals surface area contributed by atoms with Crippen LogP contribution in [0.1, 0.15) is 27.7 Å². The van der Waals surface area contributed by atoms with Crippen LogP contribution in [0.15, 0.2) is 23.9 Å². The van der Waals surface area contributed by atoms with Crippen LogP contribution in [-0.2, 0) is 14.4 Å². The number of amides is 2. The molecule has 0 aromatic heterocycles.